The predicted octanol–water partition coefficient (Wildman–Crippen LogP) is 2.16. The van der Waals surface area contributed by atoms with Gasteiger partial charge in [-0.05, 0) is 17.4 Å². The van der Waals surface area contributed by atoms with E-state index in [1.165, 1.54) is 0 Å². The lowest BCUT2D eigenvalue weighted by Crippen LogP contribution is -2.00. The van der Waals surface area contributed by atoms with Crippen molar-refractivity contribution < 1.29 is 14.3 Å². The van der Waals surface area contributed by atoms with Crippen molar-refractivity contribution in [2.45, 2.75) is 0 Å². The Balaban J connectivity index is 0.000000771. The van der Waals surface area contributed by atoms with E-state index >= 15 is 0 Å². The highest BCUT2D eigenvalue weighted by atomic mass is 31.2. The third-order valence-corrected chi connectivity index (χ3v) is 4.37. The van der Waals surface area contributed by atoms with Crippen LogP contribution in [0.4, 0.5) is 0 Å². The lowest BCUT2D eigenvalue weighted by molar-refractivity contribution is 0.399. The minimum atomic E-state index is -1.49. The summed E-state index contributed by atoms with van der Waals surface area (Å²) in [7, 11) is -0.298. The summed E-state index contributed by atoms with van der Waals surface area (Å²) in [6.07, 6.45) is 0. The van der Waals surface area contributed by atoms with Crippen LogP contribution in [0.1, 0.15) is 0 Å². The molecule has 0 radical (unpaired) electrons. The van der Waals surface area contributed by atoms with E-state index in [4.69, 9.17) is 9.42 Å². The molecule has 0 saturated heterocycles. The highest BCUT2D eigenvalue weighted by Crippen LogP contribution is 2.38. The van der Waals surface area contributed by atoms with E-state index < -0.39 is 8.38 Å². The Hall–Kier alpha value is -0.820. The lowest BCUT2D eigenvalue weighted by Gasteiger charge is -2.10. The molecule has 2 rings (SSSR count). The normalized spacial score (nSPS) is 11.9. The average molecular weight is 282 g/mol. The van der Waals surface area contributed by atoms with Gasteiger partial charge in [-0.1, -0.05) is 48.5 Å². The fourth-order valence-electron chi connectivity index (χ4n) is 1.21. The van der Waals surface area contributed by atoms with E-state index in [0.29, 0.717) is 0 Å². The van der Waals surface area contributed by atoms with Gasteiger partial charge in [0.15, 0.2) is 0 Å². The van der Waals surface area contributed by atoms with Gasteiger partial charge in [-0.15, -0.1) is 0 Å². The maximum atomic E-state index is 9.83. The second-order valence-electron chi connectivity index (χ2n) is 3.17. The summed E-state index contributed by atoms with van der Waals surface area (Å²) in [5, 5.41) is 8.95. The van der Waals surface area contributed by atoms with Gasteiger partial charge in [-0.25, -0.2) is 0 Å². The van der Waals surface area contributed by atoms with Crippen LogP contribution in [-0.2, 0) is 4.31 Å². The number of rotatable bonds is 4. The van der Waals surface area contributed by atoms with Crippen molar-refractivity contribution >= 4 is 27.8 Å². The molecule has 2 aromatic rings. The summed E-state index contributed by atoms with van der Waals surface area (Å²) in [4.78, 5) is 9.83. The molecule has 0 amide bonds. The molecule has 2 unspecified atom stereocenters. The van der Waals surface area contributed by atoms with Crippen molar-refractivity contribution in [1.82, 2.24) is 0 Å². The van der Waals surface area contributed by atoms with Crippen molar-refractivity contribution in [2.75, 3.05) is 7.11 Å². The number of benzene rings is 2. The monoisotopic (exact) mass is 282 g/mol. The minimum absolute atomic E-state index is 0.189. The van der Waals surface area contributed by atoms with E-state index in [9.17, 15) is 4.89 Å². The number of hydrogen-bond donors (Lipinski definition) is 2. The summed E-state index contributed by atoms with van der Waals surface area (Å²) in [5.41, 5.74) is 0. The van der Waals surface area contributed by atoms with Gasteiger partial charge >= 0.3 is 0 Å². The van der Waals surface area contributed by atoms with Gasteiger partial charge in [0.1, 0.15) is 0 Å². The van der Waals surface area contributed by atoms with E-state index in [1.54, 1.807) is 0 Å². The first-order valence-corrected chi connectivity index (χ1v) is 7.45. The molecular weight excluding hydrogens is 266 g/mol. The van der Waals surface area contributed by atoms with E-state index in [2.05, 4.69) is 0 Å². The average Bonchev–Trinajstić information content (AvgIpc) is 2.49. The van der Waals surface area contributed by atoms with Crippen molar-refractivity contribution in [2.24, 2.45) is 0 Å². The molecule has 96 valence electrons. The van der Waals surface area contributed by atoms with Gasteiger partial charge in [0.25, 0.3) is 0 Å². The Morgan fingerprint density at radius 1 is 0.889 bits per heavy atom. The van der Waals surface area contributed by atoms with E-state index in [-0.39, 0.29) is 8.81 Å². The van der Waals surface area contributed by atoms with Gasteiger partial charge in [0.2, 0.25) is 8.38 Å². The Bertz CT molecular complexity index is 423. The van der Waals surface area contributed by atoms with Crippen LogP contribution in [0.2, 0.25) is 0 Å². The molecule has 0 aliphatic heterocycles. The summed E-state index contributed by atoms with van der Waals surface area (Å²) >= 11 is 0. The lowest BCUT2D eigenvalue weighted by atomic mass is 10.4. The molecule has 0 saturated carbocycles. The minimum Gasteiger partial charge on any atom is -0.400 e. The molecule has 0 aliphatic rings. The summed E-state index contributed by atoms with van der Waals surface area (Å²) in [5.74, 6) is 0. The maximum Gasteiger partial charge on any atom is 0.205 e. The van der Waals surface area contributed by atoms with Gasteiger partial charge < -0.3 is 14.3 Å². The van der Waals surface area contributed by atoms with Crippen molar-refractivity contribution in [3.63, 3.8) is 0 Å². The summed E-state index contributed by atoms with van der Waals surface area (Å²) in [6.45, 7) is 0. The second kappa shape index (κ2) is 9.16. The fraction of sp³-hybridized carbons (Fsp3) is 0.0769. The molecule has 0 aromatic heterocycles. The first kappa shape index (κ1) is 15.2. The zero-order valence-electron chi connectivity index (χ0n) is 10.0. The largest absolute Gasteiger partial charge is 0.400 e. The number of hydrogen-bond acceptors (Lipinski definition) is 3. The molecule has 0 spiro atoms. The Morgan fingerprint density at radius 2 is 1.39 bits per heavy atom. The van der Waals surface area contributed by atoms with Crippen LogP contribution in [0.25, 0.3) is 0 Å². The van der Waals surface area contributed by atoms with Crippen LogP contribution in [0, 0.1) is 0 Å². The first-order chi connectivity index (χ1) is 8.86. The smallest absolute Gasteiger partial charge is 0.205 e. The van der Waals surface area contributed by atoms with Crippen LogP contribution in [0.5, 0.6) is 0 Å². The second-order valence-corrected chi connectivity index (χ2v) is 5.74. The Labute approximate surface area is 110 Å². The summed E-state index contributed by atoms with van der Waals surface area (Å²) in [6, 6.07) is 19.4. The molecule has 0 aliphatic carbocycles. The molecule has 0 bridgehead atoms. The van der Waals surface area contributed by atoms with Crippen LogP contribution < -0.4 is 10.6 Å². The SMILES string of the molecule is CO.OP(OPc1ccccc1)c1ccccc1. The highest BCUT2D eigenvalue weighted by molar-refractivity contribution is 7.63. The van der Waals surface area contributed by atoms with Gasteiger partial charge in [0, 0.05) is 12.4 Å². The third kappa shape index (κ3) is 5.22. The Morgan fingerprint density at radius 3 is 1.94 bits per heavy atom. The molecule has 2 atom stereocenters. The first-order valence-electron chi connectivity index (χ1n) is 5.33. The number of aliphatic hydroxyl groups excluding tert-OH is 1. The molecule has 18 heavy (non-hydrogen) atoms. The molecule has 0 fully saturated rings. The zero-order valence-corrected chi connectivity index (χ0v) is 11.9. The third-order valence-electron chi connectivity index (χ3n) is 2.00. The van der Waals surface area contributed by atoms with Crippen molar-refractivity contribution in [3.05, 3.63) is 60.7 Å². The van der Waals surface area contributed by atoms with Crippen molar-refractivity contribution in [1.29, 1.82) is 0 Å². The fourth-order valence-corrected chi connectivity index (χ4v) is 3.16. The molecular formula is C13H16O3P2. The van der Waals surface area contributed by atoms with Gasteiger partial charge in [-0.2, -0.15) is 0 Å². The molecule has 3 nitrogen and oxygen atoms in total. The van der Waals surface area contributed by atoms with E-state index in [1.807, 2.05) is 60.7 Å². The van der Waals surface area contributed by atoms with Gasteiger partial charge in [0.05, 0.1) is 8.81 Å². The molecule has 0 heterocycles. The quantitative estimate of drug-likeness (QED) is 0.845. The number of aliphatic hydroxyl groups is 1. The highest BCUT2D eigenvalue weighted by Gasteiger charge is 2.07. The maximum absolute atomic E-state index is 9.83. The van der Waals surface area contributed by atoms with Crippen LogP contribution >= 0.6 is 17.2 Å². The van der Waals surface area contributed by atoms with Crippen LogP contribution in [0.15, 0.2) is 60.7 Å². The topological polar surface area (TPSA) is 49.7 Å². The zero-order chi connectivity index (χ0) is 13.2. The van der Waals surface area contributed by atoms with Crippen molar-refractivity contribution in [3.8, 4) is 0 Å². The molecule has 5 heteroatoms. The summed E-state index contributed by atoms with van der Waals surface area (Å²) < 4.78 is 5.46. The Kier molecular flexibility index (Phi) is 7.75. The van der Waals surface area contributed by atoms with Crippen LogP contribution in [-0.4, -0.2) is 17.1 Å². The van der Waals surface area contributed by atoms with Gasteiger partial charge in [-0.3, -0.25) is 0 Å². The molecule has 2 N–H and O–H groups in total. The predicted molar refractivity (Wildman–Crippen MR) is 78.8 cm³/mol. The molecule has 2 aromatic carbocycles. The van der Waals surface area contributed by atoms with Crippen LogP contribution in [0.3, 0.4) is 0 Å². The van der Waals surface area contributed by atoms with E-state index in [0.717, 1.165) is 17.7 Å². The standard InChI is InChI=1S/C12H12O2P2.CH4O/c13-16(12-9-5-2-6-10-12)14-15-11-7-3-1-4-8-11;1-2/h1-10,13,15H;2H,1H3.